The summed E-state index contributed by atoms with van der Waals surface area (Å²) in [6, 6.07) is 1.88. The fourth-order valence-corrected chi connectivity index (χ4v) is 2.67. The Bertz CT molecular complexity index is 643. The van der Waals surface area contributed by atoms with Gasteiger partial charge in [-0.15, -0.1) is 0 Å². The highest BCUT2D eigenvalue weighted by molar-refractivity contribution is 5.83. The van der Waals surface area contributed by atoms with E-state index in [1.807, 2.05) is 13.0 Å². The van der Waals surface area contributed by atoms with Crippen LogP contribution in [0.4, 0.5) is 4.39 Å². The predicted octanol–water partition coefficient (Wildman–Crippen LogP) is 3.10. The average Bonchev–Trinajstić information content (AvgIpc) is 3.12. The zero-order valence-corrected chi connectivity index (χ0v) is 12.2. The number of benzene rings is 1. The van der Waals surface area contributed by atoms with E-state index in [1.165, 1.54) is 0 Å². The van der Waals surface area contributed by atoms with Gasteiger partial charge in [-0.1, -0.05) is 6.92 Å². The number of hydrogen-bond acceptors (Lipinski definition) is 4. The number of ether oxygens (including phenoxy) is 2. The minimum absolute atomic E-state index is 0.0860. The molecule has 0 aliphatic carbocycles. The minimum Gasteiger partial charge on any atom is -0.461 e. The van der Waals surface area contributed by atoms with Crippen molar-refractivity contribution in [3.05, 3.63) is 34.8 Å². The summed E-state index contributed by atoms with van der Waals surface area (Å²) in [5.74, 6) is -0.276. The lowest BCUT2D eigenvalue weighted by atomic mass is 9.98. The van der Waals surface area contributed by atoms with Crippen LogP contribution < -0.4 is 0 Å². The van der Waals surface area contributed by atoms with E-state index in [4.69, 9.17) is 13.9 Å². The minimum atomic E-state index is -0.512. The molecule has 1 aliphatic rings. The van der Waals surface area contributed by atoms with Crippen LogP contribution in [0.2, 0.25) is 0 Å². The standard InChI is InChI=1S/C16H19FO4/c1-9(7-18)5-11-8-21-15-13(11)6-12(10(2)14(15)17)16-19-3-4-20-16/h6,8-9,16,18H,3-5,7H2,1-2H3/t9-/m0/s1. The van der Waals surface area contributed by atoms with Crippen molar-refractivity contribution in [1.82, 2.24) is 0 Å². The SMILES string of the molecule is Cc1c(C2OCCO2)cc2c(C[C@H](C)CO)coc2c1F. The lowest BCUT2D eigenvalue weighted by Gasteiger charge is -2.14. The molecule has 2 aromatic rings. The Morgan fingerprint density at radius 1 is 1.38 bits per heavy atom. The lowest BCUT2D eigenvalue weighted by Crippen LogP contribution is -2.05. The molecule has 0 saturated carbocycles. The van der Waals surface area contributed by atoms with Crippen LogP contribution in [0.5, 0.6) is 0 Å². The molecule has 4 nitrogen and oxygen atoms in total. The maximum atomic E-state index is 14.5. The molecule has 0 bridgehead atoms. The molecule has 1 aromatic heterocycles. The summed E-state index contributed by atoms with van der Waals surface area (Å²) >= 11 is 0. The van der Waals surface area contributed by atoms with Gasteiger partial charge in [0.15, 0.2) is 17.7 Å². The third-order valence-corrected chi connectivity index (χ3v) is 3.93. The molecule has 1 saturated heterocycles. The van der Waals surface area contributed by atoms with Crippen molar-refractivity contribution in [1.29, 1.82) is 0 Å². The highest BCUT2D eigenvalue weighted by atomic mass is 19.1. The molecular formula is C16H19FO4. The van der Waals surface area contributed by atoms with E-state index in [0.717, 1.165) is 10.9 Å². The van der Waals surface area contributed by atoms with Crippen LogP contribution in [-0.2, 0) is 15.9 Å². The average molecular weight is 294 g/mol. The molecule has 1 N–H and O–H groups in total. The molecule has 2 heterocycles. The number of fused-ring (bicyclic) bond motifs is 1. The first-order chi connectivity index (χ1) is 10.1. The van der Waals surface area contributed by atoms with Gasteiger partial charge in [0.05, 0.1) is 19.5 Å². The number of halogens is 1. The molecule has 0 spiro atoms. The predicted molar refractivity (Wildman–Crippen MR) is 75.5 cm³/mol. The van der Waals surface area contributed by atoms with Crippen molar-refractivity contribution < 1.29 is 23.4 Å². The Hall–Kier alpha value is -1.43. The number of aliphatic hydroxyl groups is 1. The van der Waals surface area contributed by atoms with Crippen LogP contribution in [0.3, 0.4) is 0 Å². The maximum absolute atomic E-state index is 14.5. The van der Waals surface area contributed by atoms with E-state index in [1.54, 1.807) is 13.2 Å². The molecule has 5 heteroatoms. The van der Waals surface area contributed by atoms with Crippen molar-refractivity contribution in [2.45, 2.75) is 26.6 Å². The Balaban J connectivity index is 2.08. The van der Waals surface area contributed by atoms with Gasteiger partial charge in [0, 0.05) is 17.6 Å². The molecule has 0 unspecified atom stereocenters. The molecule has 0 amide bonds. The van der Waals surface area contributed by atoms with E-state index < -0.39 is 6.29 Å². The Morgan fingerprint density at radius 3 is 2.76 bits per heavy atom. The zero-order chi connectivity index (χ0) is 15.0. The van der Waals surface area contributed by atoms with Crippen LogP contribution in [0.1, 0.15) is 29.9 Å². The zero-order valence-electron chi connectivity index (χ0n) is 12.2. The van der Waals surface area contributed by atoms with Gasteiger partial charge in [0.25, 0.3) is 0 Å². The smallest absolute Gasteiger partial charge is 0.184 e. The molecular weight excluding hydrogens is 275 g/mol. The molecule has 1 aliphatic heterocycles. The highest BCUT2D eigenvalue weighted by Crippen LogP contribution is 2.35. The number of aliphatic hydroxyl groups excluding tert-OH is 1. The van der Waals surface area contributed by atoms with Crippen LogP contribution in [0, 0.1) is 18.7 Å². The summed E-state index contributed by atoms with van der Waals surface area (Å²) in [4.78, 5) is 0. The second kappa shape index (κ2) is 5.75. The van der Waals surface area contributed by atoms with Gasteiger partial charge < -0.3 is 19.0 Å². The first-order valence-corrected chi connectivity index (χ1v) is 7.15. The Kier molecular flexibility index (Phi) is 3.97. The van der Waals surface area contributed by atoms with Gasteiger partial charge in [-0.3, -0.25) is 0 Å². The fraction of sp³-hybridized carbons (Fsp3) is 0.500. The second-order valence-corrected chi connectivity index (χ2v) is 5.61. The number of rotatable bonds is 4. The normalized spacial score (nSPS) is 17.7. The third kappa shape index (κ3) is 2.57. The van der Waals surface area contributed by atoms with Crippen molar-refractivity contribution in [2.24, 2.45) is 5.92 Å². The second-order valence-electron chi connectivity index (χ2n) is 5.61. The number of hydrogen-bond donors (Lipinski definition) is 1. The summed E-state index contributed by atoms with van der Waals surface area (Å²) in [6.07, 6.45) is 1.69. The van der Waals surface area contributed by atoms with Crippen molar-refractivity contribution in [3.8, 4) is 0 Å². The van der Waals surface area contributed by atoms with E-state index in [-0.39, 0.29) is 23.9 Å². The van der Waals surface area contributed by atoms with Gasteiger partial charge in [-0.2, -0.15) is 0 Å². The molecule has 1 atom stereocenters. The van der Waals surface area contributed by atoms with Crippen LogP contribution in [0.25, 0.3) is 11.0 Å². The van der Waals surface area contributed by atoms with Gasteiger partial charge in [0.2, 0.25) is 0 Å². The van der Waals surface area contributed by atoms with E-state index in [2.05, 4.69) is 0 Å². The largest absolute Gasteiger partial charge is 0.461 e. The lowest BCUT2D eigenvalue weighted by molar-refractivity contribution is -0.0446. The quantitative estimate of drug-likeness (QED) is 0.941. The maximum Gasteiger partial charge on any atom is 0.184 e. The first-order valence-electron chi connectivity index (χ1n) is 7.15. The van der Waals surface area contributed by atoms with Gasteiger partial charge in [0.1, 0.15) is 0 Å². The Morgan fingerprint density at radius 2 is 2.10 bits per heavy atom. The van der Waals surface area contributed by atoms with E-state index >= 15 is 0 Å². The summed E-state index contributed by atoms with van der Waals surface area (Å²) in [6.45, 7) is 4.76. The number of furan rings is 1. The van der Waals surface area contributed by atoms with E-state index in [0.29, 0.717) is 30.8 Å². The first kappa shape index (κ1) is 14.5. The molecule has 0 radical (unpaired) electrons. The summed E-state index contributed by atoms with van der Waals surface area (Å²) in [7, 11) is 0. The Labute approximate surface area is 122 Å². The van der Waals surface area contributed by atoms with Crippen LogP contribution in [0.15, 0.2) is 16.7 Å². The van der Waals surface area contributed by atoms with Crippen molar-refractivity contribution in [2.75, 3.05) is 19.8 Å². The van der Waals surface area contributed by atoms with Crippen molar-refractivity contribution in [3.63, 3.8) is 0 Å². The third-order valence-electron chi connectivity index (χ3n) is 3.93. The van der Waals surface area contributed by atoms with Crippen LogP contribution in [-0.4, -0.2) is 24.9 Å². The molecule has 1 aromatic carbocycles. The summed E-state index contributed by atoms with van der Waals surface area (Å²) in [5, 5.41) is 9.92. The molecule has 21 heavy (non-hydrogen) atoms. The molecule has 1 fully saturated rings. The van der Waals surface area contributed by atoms with Gasteiger partial charge >= 0.3 is 0 Å². The highest BCUT2D eigenvalue weighted by Gasteiger charge is 2.25. The molecule has 3 rings (SSSR count). The topological polar surface area (TPSA) is 51.8 Å². The van der Waals surface area contributed by atoms with Crippen LogP contribution >= 0.6 is 0 Å². The molecule has 114 valence electrons. The monoisotopic (exact) mass is 294 g/mol. The van der Waals surface area contributed by atoms with Gasteiger partial charge in [-0.25, -0.2) is 4.39 Å². The van der Waals surface area contributed by atoms with E-state index in [9.17, 15) is 9.50 Å². The van der Waals surface area contributed by atoms with Gasteiger partial charge in [-0.05, 0) is 36.5 Å². The fourth-order valence-electron chi connectivity index (χ4n) is 2.67. The summed E-state index contributed by atoms with van der Waals surface area (Å²) < 4.78 is 30.8. The van der Waals surface area contributed by atoms with Crippen molar-refractivity contribution >= 4 is 11.0 Å². The summed E-state index contributed by atoms with van der Waals surface area (Å²) in [5.41, 5.74) is 2.35.